The van der Waals surface area contributed by atoms with Gasteiger partial charge in [0.1, 0.15) is 5.75 Å². The van der Waals surface area contributed by atoms with Crippen LogP contribution >= 0.6 is 11.6 Å². The maximum Gasteiger partial charge on any atom is 0.225 e. The molecule has 0 aliphatic rings. The van der Waals surface area contributed by atoms with Gasteiger partial charge in [-0.05, 0) is 24.6 Å². The fourth-order valence-corrected chi connectivity index (χ4v) is 1.52. The van der Waals surface area contributed by atoms with Gasteiger partial charge in [-0.15, -0.1) is 0 Å². The average Bonchev–Trinajstić information content (AvgIpc) is 2.32. The topological polar surface area (TPSA) is 35.0 Å². The lowest BCUT2D eigenvalue weighted by Crippen LogP contribution is -1.91. The highest BCUT2D eigenvalue weighted by Crippen LogP contribution is 2.25. The molecule has 17 heavy (non-hydrogen) atoms. The summed E-state index contributed by atoms with van der Waals surface area (Å²) in [5.74, 6) is 1.17. The smallest absolute Gasteiger partial charge is 0.225 e. The Morgan fingerprint density at radius 3 is 2.82 bits per heavy atom. The minimum atomic E-state index is 0.172. The molecule has 86 valence electrons. The van der Waals surface area contributed by atoms with Crippen LogP contribution in [0.3, 0.4) is 0 Å². The molecule has 4 heteroatoms. The quantitative estimate of drug-likeness (QED) is 0.769. The largest absolute Gasteiger partial charge is 0.438 e. The molecule has 0 aliphatic carbocycles. The van der Waals surface area contributed by atoms with Gasteiger partial charge in [0.25, 0.3) is 0 Å². The van der Waals surface area contributed by atoms with Crippen LogP contribution in [0, 0.1) is 0 Å². The second-order valence-corrected chi connectivity index (χ2v) is 3.64. The summed E-state index contributed by atoms with van der Waals surface area (Å²) in [6, 6.07) is 9.38. The number of allylic oxidation sites excluding steroid dienone is 1. The second kappa shape index (κ2) is 5.46. The third-order valence-electron chi connectivity index (χ3n) is 2.08. The molecule has 3 nitrogen and oxygen atoms in total. The zero-order valence-corrected chi connectivity index (χ0v) is 10.1. The van der Waals surface area contributed by atoms with E-state index in [2.05, 4.69) is 9.97 Å². The van der Waals surface area contributed by atoms with Crippen LogP contribution in [-0.4, -0.2) is 9.97 Å². The third-order valence-corrected chi connectivity index (χ3v) is 2.26. The summed E-state index contributed by atoms with van der Waals surface area (Å²) in [6.07, 6.45) is 5.48. The first-order valence-electron chi connectivity index (χ1n) is 5.17. The molecule has 0 aliphatic heterocycles. The predicted molar refractivity (Wildman–Crippen MR) is 68.3 cm³/mol. The van der Waals surface area contributed by atoms with Gasteiger partial charge < -0.3 is 4.74 Å². The fraction of sp³-hybridized carbons (Fsp3) is 0.0769. The van der Waals surface area contributed by atoms with Crippen LogP contribution in [0.4, 0.5) is 0 Å². The summed E-state index contributed by atoms with van der Waals surface area (Å²) < 4.78 is 5.66. The molecule has 0 spiro atoms. The molecule has 0 N–H and O–H groups in total. The highest BCUT2D eigenvalue weighted by atomic mass is 35.5. The van der Waals surface area contributed by atoms with Crippen LogP contribution in [0.2, 0.25) is 5.28 Å². The van der Waals surface area contributed by atoms with E-state index in [4.69, 9.17) is 16.3 Å². The van der Waals surface area contributed by atoms with Crippen molar-refractivity contribution < 1.29 is 4.74 Å². The van der Waals surface area contributed by atoms with Crippen molar-refractivity contribution in [2.24, 2.45) is 0 Å². The Balaban J connectivity index is 2.29. The lowest BCUT2D eigenvalue weighted by molar-refractivity contribution is 0.460. The van der Waals surface area contributed by atoms with Crippen molar-refractivity contribution in [3.63, 3.8) is 0 Å². The lowest BCUT2D eigenvalue weighted by Gasteiger charge is -2.07. The summed E-state index contributed by atoms with van der Waals surface area (Å²) >= 11 is 5.70. The number of para-hydroxylation sites is 1. The first-order valence-corrected chi connectivity index (χ1v) is 5.55. The minimum absolute atomic E-state index is 0.172. The van der Waals surface area contributed by atoms with E-state index < -0.39 is 0 Å². The summed E-state index contributed by atoms with van der Waals surface area (Å²) in [6.45, 7) is 1.96. The summed E-state index contributed by atoms with van der Waals surface area (Å²) in [5, 5.41) is 0.172. The maximum atomic E-state index is 5.70. The van der Waals surface area contributed by atoms with E-state index in [-0.39, 0.29) is 5.28 Å². The van der Waals surface area contributed by atoms with Gasteiger partial charge in [-0.1, -0.05) is 30.4 Å². The highest BCUT2D eigenvalue weighted by molar-refractivity contribution is 6.28. The molecule has 0 bridgehead atoms. The van der Waals surface area contributed by atoms with Gasteiger partial charge in [0.15, 0.2) is 0 Å². The molecular weight excluding hydrogens is 236 g/mol. The van der Waals surface area contributed by atoms with Crippen molar-refractivity contribution in [1.29, 1.82) is 0 Å². The molecule has 1 aromatic heterocycles. The first-order chi connectivity index (χ1) is 8.29. The Bertz CT molecular complexity index is 540. The Morgan fingerprint density at radius 2 is 2.06 bits per heavy atom. The molecule has 1 heterocycles. The maximum absolute atomic E-state index is 5.70. The Morgan fingerprint density at radius 1 is 1.24 bits per heavy atom. The van der Waals surface area contributed by atoms with Gasteiger partial charge in [-0.25, -0.2) is 4.98 Å². The SMILES string of the molecule is CC=Cc1ccccc1Oc1ccnc(Cl)n1. The second-order valence-electron chi connectivity index (χ2n) is 3.30. The van der Waals surface area contributed by atoms with Crippen molar-refractivity contribution in [2.75, 3.05) is 0 Å². The van der Waals surface area contributed by atoms with Crippen LogP contribution < -0.4 is 4.74 Å². The predicted octanol–water partition coefficient (Wildman–Crippen LogP) is 3.96. The average molecular weight is 247 g/mol. The molecule has 0 unspecified atom stereocenters. The minimum Gasteiger partial charge on any atom is -0.438 e. The number of halogens is 1. The van der Waals surface area contributed by atoms with E-state index in [0.717, 1.165) is 11.3 Å². The zero-order chi connectivity index (χ0) is 12.1. The third kappa shape index (κ3) is 3.04. The number of hydrogen-bond donors (Lipinski definition) is 0. The number of hydrogen-bond acceptors (Lipinski definition) is 3. The van der Waals surface area contributed by atoms with Crippen molar-refractivity contribution in [1.82, 2.24) is 9.97 Å². The molecule has 0 radical (unpaired) electrons. The van der Waals surface area contributed by atoms with E-state index in [1.165, 1.54) is 0 Å². The monoisotopic (exact) mass is 246 g/mol. The molecule has 0 amide bonds. The first kappa shape index (κ1) is 11.6. The van der Waals surface area contributed by atoms with Crippen molar-refractivity contribution in [2.45, 2.75) is 6.92 Å². The van der Waals surface area contributed by atoms with Crippen LogP contribution in [0.15, 0.2) is 42.6 Å². The number of ether oxygens (including phenoxy) is 1. The van der Waals surface area contributed by atoms with Gasteiger partial charge in [0, 0.05) is 17.8 Å². The summed E-state index contributed by atoms with van der Waals surface area (Å²) in [4.78, 5) is 7.78. The normalized spacial score (nSPS) is 10.7. The van der Waals surface area contributed by atoms with Crippen molar-refractivity contribution in [3.8, 4) is 11.6 Å². The van der Waals surface area contributed by atoms with E-state index >= 15 is 0 Å². The molecule has 0 saturated heterocycles. The molecular formula is C13H11ClN2O. The van der Waals surface area contributed by atoms with Crippen LogP contribution in [0.25, 0.3) is 6.08 Å². The molecule has 2 aromatic rings. The Hall–Kier alpha value is -1.87. The van der Waals surface area contributed by atoms with E-state index in [0.29, 0.717) is 5.88 Å². The Labute approximate surface area is 105 Å². The van der Waals surface area contributed by atoms with E-state index in [1.54, 1.807) is 12.3 Å². The van der Waals surface area contributed by atoms with Gasteiger partial charge in [0.05, 0.1) is 0 Å². The van der Waals surface area contributed by atoms with E-state index in [9.17, 15) is 0 Å². The van der Waals surface area contributed by atoms with Crippen LogP contribution in [-0.2, 0) is 0 Å². The summed E-state index contributed by atoms with van der Waals surface area (Å²) in [7, 11) is 0. The van der Waals surface area contributed by atoms with Crippen LogP contribution in [0.1, 0.15) is 12.5 Å². The number of aromatic nitrogens is 2. The number of benzene rings is 1. The highest BCUT2D eigenvalue weighted by Gasteiger charge is 2.03. The van der Waals surface area contributed by atoms with Gasteiger partial charge >= 0.3 is 0 Å². The van der Waals surface area contributed by atoms with Gasteiger partial charge in [0.2, 0.25) is 11.2 Å². The van der Waals surface area contributed by atoms with Gasteiger partial charge in [-0.3, -0.25) is 0 Å². The van der Waals surface area contributed by atoms with Crippen molar-refractivity contribution >= 4 is 17.7 Å². The number of rotatable bonds is 3. The fourth-order valence-electron chi connectivity index (χ4n) is 1.38. The summed E-state index contributed by atoms with van der Waals surface area (Å²) in [5.41, 5.74) is 0.990. The molecule has 1 aromatic carbocycles. The zero-order valence-electron chi connectivity index (χ0n) is 9.30. The number of nitrogens with zero attached hydrogens (tertiary/aromatic N) is 2. The van der Waals surface area contributed by atoms with Gasteiger partial charge in [-0.2, -0.15) is 4.98 Å². The molecule has 0 saturated carbocycles. The standard InChI is InChI=1S/C13H11ClN2O/c1-2-5-10-6-3-4-7-11(10)17-12-8-9-15-13(14)16-12/h2-9H,1H3. The molecule has 0 atom stereocenters. The van der Waals surface area contributed by atoms with Crippen molar-refractivity contribution in [3.05, 3.63) is 53.5 Å². The Kier molecular flexibility index (Phi) is 3.73. The lowest BCUT2D eigenvalue weighted by atomic mass is 10.2. The van der Waals surface area contributed by atoms with Crippen LogP contribution in [0.5, 0.6) is 11.6 Å². The molecule has 2 rings (SSSR count). The van der Waals surface area contributed by atoms with E-state index in [1.807, 2.05) is 43.3 Å². The molecule has 0 fully saturated rings.